The van der Waals surface area contributed by atoms with Crippen LogP contribution in [0.1, 0.15) is 25.8 Å². The van der Waals surface area contributed by atoms with Gasteiger partial charge in [-0.05, 0) is 13.8 Å². The summed E-state index contributed by atoms with van der Waals surface area (Å²) in [5.41, 5.74) is 13.4. The second-order valence-corrected chi connectivity index (χ2v) is 7.49. The lowest BCUT2D eigenvalue weighted by Crippen LogP contribution is -2.33. The summed E-state index contributed by atoms with van der Waals surface area (Å²) in [6, 6.07) is 0. The van der Waals surface area contributed by atoms with E-state index in [2.05, 4.69) is 25.3 Å². The van der Waals surface area contributed by atoms with Gasteiger partial charge in [0.15, 0.2) is 29.0 Å². The van der Waals surface area contributed by atoms with Crippen molar-refractivity contribution in [3.05, 3.63) is 18.2 Å². The Kier molecular flexibility index (Phi) is 3.96. The summed E-state index contributed by atoms with van der Waals surface area (Å²) in [4.78, 5) is 12.5. The summed E-state index contributed by atoms with van der Waals surface area (Å²) in [6.07, 6.45) is 1.13. The molecule has 0 aliphatic carbocycles. The maximum absolute atomic E-state index is 9.21. The van der Waals surface area contributed by atoms with E-state index in [1.807, 2.05) is 13.8 Å². The van der Waals surface area contributed by atoms with Crippen molar-refractivity contribution in [3.8, 4) is 0 Å². The molecule has 0 unspecified atom stereocenters. The molecule has 4 atom stereocenters. The molecule has 5 N–H and O–H groups in total. The number of ether oxygens (including phenoxy) is 3. The first-order chi connectivity index (χ1) is 13.9. The SMILES string of the molecule is CC1(C)O[C@@H]2[C@H](O1)[C@@H](Cn1cc(CO)nn1)O[C@H]2n1c(N)nc2c(N)ncnc21. The lowest BCUT2D eigenvalue weighted by molar-refractivity contribution is -0.197. The lowest BCUT2D eigenvalue weighted by Gasteiger charge is -2.25. The van der Waals surface area contributed by atoms with E-state index < -0.39 is 24.2 Å². The van der Waals surface area contributed by atoms with Gasteiger partial charge >= 0.3 is 0 Å². The molecule has 5 rings (SSSR count). The summed E-state index contributed by atoms with van der Waals surface area (Å²) in [5.74, 6) is -0.379. The van der Waals surface area contributed by atoms with Gasteiger partial charge < -0.3 is 30.8 Å². The Bertz CT molecular complexity index is 1060. The molecule has 29 heavy (non-hydrogen) atoms. The number of aliphatic hydroxyl groups excluding tert-OH is 1. The molecular formula is C16H21N9O4. The van der Waals surface area contributed by atoms with E-state index in [1.54, 1.807) is 15.4 Å². The Morgan fingerprint density at radius 2 is 2.00 bits per heavy atom. The van der Waals surface area contributed by atoms with Crippen LogP contribution in [-0.4, -0.2) is 63.7 Å². The number of aliphatic hydroxyl groups is 1. The molecule has 5 heterocycles. The monoisotopic (exact) mass is 403 g/mol. The van der Waals surface area contributed by atoms with Crippen LogP contribution in [0.4, 0.5) is 11.8 Å². The van der Waals surface area contributed by atoms with Crippen LogP contribution in [0.3, 0.4) is 0 Å². The number of nitrogens with two attached hydrogens (primary N) is 2. The molecule has 2 aliphatic rings. The van der Waals surface area contributed by atoms with Crippen LogP contribution in [0.15, 0.2) is 12.5 Å². The summed E-state index contributed by atoms with van der Waals surface area (Å²) in [6.45, 7) is 3.85. The summed E-state index contributed by atoms with van der Waals surface area (Å²) in [5, 5.41) is 17.1. The second kappa shape index (κ2) is 6.32. The molecule has 2 fully saturated rings. The van der Waals surface area contributed by atoms with Crippen molar-refractivity contribution in [1.82, 2.24) is 34.5 Å². The van der Waals surface area contributed by atoms with E-state index >= 15 is 0 Å². The first-order valence-corrected chi connectivity index (χ1v) is 9.11. The Balaban J connectivity index is 1.52. The number of nitrogens with zero attached hydrogens (tertiary/aromatic N) is 7. The smallest absolute Gasteiger partial charge is 0.204 e. The fraction of sp³-hybridized carbons (Fsp3) is 0.562. The first-order valence-electron chi connectivity index (χ1n) is 9.11. The van der Waals surface area contributed by atoms with Gasteiger partial charge in [0.25, 0.3) is 0 Å². The predicted molar refractivity (Wildman–Crippen MR) is 97.8 cm³/mol. The normalized spacial score (nSPS) is 28.2. The molecule has 0 saturated carbocycles. The average molecular weight is 403 g/mol. The molecule has 2 aliphatic heterocycles. The highest BCUT2D eigenvalue weighted by Crippen LogP contribution is 2.45. The van der Waals surface area contributed by atoms with Gasteiger partial charge in [-0.25, -0.2) is 19.6 Å². The van der Waals surface area contributed by atoms with E-state index in [9.17, 15) is 5.11 Å². The molecule has 0 spiro atoms. The molecule has 13 heteroatoms. The first kappa shape index (κ1) is 18.2. The highest BCUT2D eigenvalue weighted by atomic mass is 16.8. The fourth-order valence-corrected chi connectivity index (χ4v) is 3.89. The van der Waals surface area contributed by atoms with Gasteiger partial charge in [0.2, 0.25) is 5.95 Å². The summed E-state index contributed by atoms with van der Waals surface area (Å²) < 4.78 is 21.8. The Hall–Kier alpha value is -2.87. The average Bonchev–Trinajstić information content (AvgIpc) is 3.39. The molecular weight excluding hydrogens is 382 g/mol. The fourth-order valence-electron chi connectivity index (χ4n) is 3.89. The van der Waals surface area contributed by atoms with E-state index in [-0.39, 0.29) is 24.5 Å². The minimum absolute atomic E-state index is 0.188. The van der Waals surface area contributed by atoms with Crippen LogP contribution in [0.2, 0.25) is 0 Å². The number of anilines is 2. The van der Waals surface area contributed by atoms with E-state index in [0.29, 0.717) is 23.4 Å². The summed E-state index contributed by atoms with van der Waals surface area (Å²) in [7, 11) is 0. The van der Waals surface area contributed by atoms with Crippen molar-refractivity contribution in [2.75, 3.05) is 11.5 Å². The largest absolute Gasteiger partial charge is 0.390 e. The number of hydrogen-bond acceptors (Lipinski definition) is 11. The summed E-state index contributed by atoms with van der Waals surface area (Å²) >= 11 is 0. The van der Waals surface area contributed by atoms with Crippen molar-refractivity contribution in [2.45, 2.75) is 57.3 Å². The zero-order valence-corrected chi connectivity index (χ0v) is 15.8. The number of fused-ring (bicyclic) bond motifs is 2. The van der Waals surface area contributed by atoms with Crippen LogP contribution in [0.25, 0.3) is 11.2 Å². The van der Waals surface area contributed by atoms with Crippen LogP contribution >= 0.6 is 0 Å². The van der Waals surface area contributed by atoms with Crippen LogP contribution in [-0.2, 0) is 27.4 Å². The maximum Gasteiger partial charge on any atom is 0.204 e. The maximum atomic E-state index is 9.21. The second-order valence-electron chi connectivity index (χ2n) is 7.49. The van der Waals surface area contributed by atoms with Gasteiger partial charge in [-0.2, -0.15) is 0 Å². The highest BCUT2D eigenvalue weighted by molar-refractivity contribution is 5.83. The van der Waals surface area contributed by atoms with E-state index in [4.69, 9.17) is 25.7 Å². The van der Waals surface area contributed by atoms with Crippen molar-refractivity contribution in [2.24, 2.45) is 0 Å². The number of imidazole rings is 1. The molecule has 0 bridgehead atoms. The standard InChI is InChI=1S/C16H21N9O4/c1-16(2)28-10-8(4-24-3-7(5-26)22-23-24)27-14(11(10)29-16)25-13-9(21-15(25)18)12(17)19-6-20-13/h3,6,8,10-11,14,26H,4-5H2,1-2H3,(H2,18,21)(H2,17,19,20)/t8-,10-,11-,14-/m1/s1. The van der Waals surface area contributed by atoms with Crippen LogP contribution in [0.5, 0.6) is 0 Å². The van der Waals surface area contributed by atoms with Crippen LogP contribution < -0.4 is 11.5 Å². The van der Waals surface area contributed by atoms with E-state index in [1.165, 1.54) is 6.33 Å². The molecule has 154 valence electrons. The van der Waals surface area contributed by atoms with Crippen molar-refractivity contribution in [3.63, 3.8) is 0 Å². The van der Waals surface area contributed by atoms with Gasteiger partial charge in [-0.3, -0.25) is 4.57 Å². The zero-order valence-electron chi connectivity index (χ0n) is 15.8. The lowest BCUT2D eigenvalue weighted by atomic mass is 10.1. The number of rotatable bonds is 4. The van der Waals surface area contributed by atoms with Gasteiger partial charge in [-0.15, -0.1) is 5.10 Å². The molecule has 0 amide bonds. The molecule has 0 aromatic carbocycles. The molecule has 2 saturated heterocycles. The number of nitrogen functional groups attached to an aromatic ring is 2. The topological polar surface area (TPSA) is 174 Å². The predicted octanol–water partition coefficient (Wildman–Crippen LogP) is -0.808. The van der Waals surface area contributed by atoms with Crippen molar-refractivity contribution < 1.29 is 19.3 Å². The Morgan fingerprint density at radius 1 is 1.21 bits per heavy atom. The van der Waals surface area contributed by atoms with Gasteiger partial charge in [0.05, 0.1) is 19.3 Å². The number of hydrogen-bond donors (Lipinski definition) is 3. The Morgan fingerprint density at radius 3 is 2.76 bits per heavy atom. The van der Waals surface area contributed by atoms with Crippen molar-refractivity contribution >= 4 is 22.9 Å². The molecule has 13 nitrogen and oxygen atoms in total. The van der Waals surface area contributed by atoms with E-state index in [0.717, 1.165) is 0 Å². The molecule has 3 aromatic heterocycles. The van der Waals surface area contributed by atoms with Crippen molar-refractivity contribution in [1.29, 1.82) is 0 Å². The van der Waals surface area contributed by atoms with Crippen LogP contribution in [0, 0.1) is 0 Å². The zero-order chi connectivity index (χ0) is 20.3. The van der Waals surface area contributed by atoms with Gasteiger partial charge in [0.1, 0.15) is 30.3 Å². The third kappa shape index (κ3) is 2.90. The van der Waals surface area contributed by atoms with Gasteiger partial charge in [-0.1, -0.05) is 5.21 Å². The molecule has 3 aromatic rings. The highest BCUT2D eigenvalue weighted by Gasteiger charge is 2.56. The van der Waals surface area contributed by atoms with Gasteiger partial charge in [0, 0.05) is 0 Å². The quantitative estimate of drug-likeness (QED) is 0.497. The Labute approximate surface area is 164 Å². The minimum atomic E-state index is -0.798. The third-order valence-corrected chi connectivity index (χ3v) is 5.03. The minimum Gasteiger partial charge on any atom is -0.390 e. The number of aromatic nitrogens is 7. The third-order valence-electron chi connectivity index (χ3n) is 5.03. The molecule has 0 radical (unpaired) electrons.